The second-order valence-electron chi connectivity index (χ2n) is 8.61. The maximum absolute atomic E-state index is 14.9. The first-order valence-electron chi connectivity index (χ1n) is 10.3. The molecule has 1 aromatic rings. The molecule has 0 radical (unpaired) electrons. The molecule has 0 bridgehead atoms. The van der Waals surface area contributed by atoms with Gasteiger partial charge < -0.3 is 24.6 Å². The van der Waals surface area contributed by atoms with E-state index in [1.807, 2.05) is 25.7 Å². The average molecular weight is 436 g/mol. The highest BCUT2D eigenvalue weighted by Gasteiger charge is 2.29. The minimum atomic E-state index is -0.644. The lowest BCUT2D eigenvalue weighted by molar-refractivity contribution is -0.133. The number of piperazine rings is 1. The van der Waals surface area contributed by atoms with Crippen molar-refractivity contribution in [1.82, 2.24) is 10.2 Å². The van der Waals surface area contributed by atoms with Gasteiger partial charge in [0.15, 0.2) is 0 Å². The van der Waals surface area contributed by atoms with Gasteiger partial charge in [-0.25, -0.2) is 9.18 Å². The average Bonchev–Trinajstić information content (AvgIpc) is 2.69. The van der Waals surface area contributed by atoms with E-state index in [1.165, 1.54) is 13.2 Å². The number of halogens is 1. The Kier molecular flexibility index (Phi) is 6.56. The first-order chi connectivity index (χ1) is 14.6. The van der Waals surface area contributed by atoms with Crippen molar-refractivity contribution in [2.24, 2.45) is 0 Å². The molecular formula is C21H29FN4O5. The molecule has 2 saturated heterocycles. The molecule has 10 heteroatoms. The zero-order valence-electron chi connectivity index (χ0n) is 18.3. The number of nitrogens with one attached hydrogen (secondary N) is 2. The third-order valence-corrected chi connectivity index (χ3v) is 5.11. The van der Waals surface area contributed by atoms with Gasteiger partial charge in [-0.3, -0.25) is 14.9 Å². The molecule has 1 aromatic carbocycles. The van der Waals surface area contributed by atoms with Gasteiger partial charge in [-0.15, -0.1) is 0 Å². The molecule has 2 aliphatic heterocycles. The Balaban J connectivity index is 1.68. The summed E-state index contributed by atoms with van der Waals surface area (Å²) in [6.45, 7) is 7.14. The summed E-state index contributed by atoms with van der Waals surface area (Å²) in [6, 6.07) is 2.22. The number of amides is 3. The van der Waals surface area contributed by atoms with Gasteiger partial charge in [0, 0.05) is 44.7 Å². The van der Waals surface area contributed by atoms with Crippen molar-refractivity contribution in [2.45, 2.75) is 45.3 Å². The normalized spacial score (nSPS) is 19.7. The number of piperidine rings is 1. The first kappa shape index (κ1) is 22.6. The van der Waals surface area contributed by atoms with Crippen molar-refractivity contribution in [2.75, 3.05) is 43.5 Å². The molecule has 0 spiro atoms. The van der Waals surface area contributed by atoms with E-state index in [2.05, 4.69) is 10.6 Å². The molecule has 9 nitrogen and oxygen atoms in total. The van der Waals surface area contributed by atoms with E-state index < -0.39 is 23.4 Å². The number of hydrogen-bond donors (Lipinski definition) is 2. The number of carbonyl (C=O) groups is 3. The Bertz CT molecular complexity index is 862. The van der Waals surface area contributed by atoms with Crippen molar-refractivity contribution < 1.29 is 28.2 Å². The number of anilines is 2. The molecule has 3 amide bonds. The lowest BCUT2D eigenvalue weighted by atomic mass is 10.1. The highest BCUT2D eigenvalue weighted by atomic mass is 19.1. The zero-order valence-corrected chi connectivity index (χ0v) is 18.3. The molecule has 1 unspecified atom stereocenters. The number of benzene rings is 1. The molecule has 1 atom stereocenters. The van der Waals surface area contributed by atoms with E-state index in [0.29, 0.717) is 49.7 Å². The third kappa shape index (κ3) is 5.56. The number of nitrogens with zero attached hydrogens (tertiary/aromatic N) is 2. The Morgan fingerprint density at radius 1 is 1.19 bits per heavy atom. The standard InChI is InChI=1S/C21H29FN4O5/c1-21(2,3)31-20(29)26-9-7-25(8-10-26)16-12-17(30-4)15(11-13(16)22)23-14-5-6-18(27)24-19(14)28/h11-12,14,23H,5-10H2,1-4H3,(H,24,27,28). The van der Waals surface area contributed by atoms with Crippen LogP contribution in [0.2, 0.25) is 0 Å². The highest BCUT2D eigenvalue weighted by molar-refractivity contribution is 6.01. The second-order valence-corrected chi connectivity index (χ2v) is 8.61. The largest absolute Gasteiger partial charge is 0.495 e. The van der Waals surface area contributed by atoms with Crippen molar-refractivity contribution in [3.05, 3.63) is 17.9 Å². The quantitative estimate of drug-likeness (QED) is 0.698. The van der Waals surface area contributed by atoms with Crippen molar-refractivity contribution >= 4 is 29.3 Å². The van der Waals surface area contributed by atoms with E-state index >= 15 is 0 Å². The van der Waals surface area contributed by atoms with Crippen LogP contribution in [0.15, 0.2) is 12.1 Å². The van der Waals surface area contributed by atoms with Crippen LogP contribution in [0.5, 0.6) is 5.75 Å². The fraction of sp³-hybridized carbons (Fsp3) is 0.571. The lowest BCUT2D eigenvalue weighted by Gasteiger charge is -2.37. The first-order valence-corrected chi connectivity index (χ1v) is 10.3. The minimum absolute atomic E-state index is 0.216. The molecule has 2 fully saturated rings. The van der Waals surface area contributed by atoms with Crippen molar-refractivity contribution in [1.29, 1.82) is 0 Å². The summed E-state index contributed by atoms with van der Waals surface area (Å²) in [5.74, 6) is -0.847. The van der Waals surface area contributed by atoms with Crippen molar-refractivity contribution in [3.63, 3.8) is 0 Å². The predicted octanol–water partition coefficient (Wildman–Crippen LogP) is 2.11. The summed E-state index contributed by atoms with van der Waals surface area (Å²) >= 11 is 0. The van der Waals surface area contributed by atoms with Gasteiger partial charge in [0.2, 0.25) is 11.8 Å². The number of ether oxygens (including phenoxy) is 2. The Labute approximate surface area is 180 Å². The summed E-state index contributed by atoms with van der Waals surface area (Å²) in [6.07, 6.45) is 0.159. The smallest absolute Gasteiger partial charge is 0.410 e. The number of methoxy groups -OCH3 is 1. The number of imide groups is 1. The maximum atomic E-state index is 14.9. The van der Waals surface area contributed by atoms with Crippen LogP contribution in [0.25, 0.3) is 0 Å². The Morgan fingerprint density at radius 2 is 1.87 bits per heavy atom. The van der Waals surface area contributed by atoms with Gasteiger partial charge in [-0.2, -0.15) is 0 Å². The minimum Gasteiger partial charge on any atom is -0.495 e. The molecule has 0 saturated carbocycles. The lowest BCUT2D eigenvalue weighted by Crippen LogP contribution is -2.50. The Morgan fingerprint density at radius 3 is 2.45 bits per heavy atom. The van der Waals surface area contributed by atoms with Crippen LogP contribution in [0.1, 0.15) is 33.6 Å². The maximum Gasteiger partial charge on any atom is 0.410 e. The molecule has 2 aliphatic rings. The highest BCUT2D eigenvalue weighted by Crippen LogP contribution is 2.34. The summed E-state index contributed by atoms with van der Waals surface area (Å²) in [4.78, 5) is 39.0. The van der Waals surface area contributed by atoms with Gasteiger partial charge in [-0.05, 0) is 27.2 Å². The van der Waals surface area contributed by atoms with Crippen LogP contribution in [0.3, 0.4) is 0 Å². The van der Waals surface area contributed by atoms with Crippen LogP contribution in [-0.2, 0) is 14.3 Å². The molecule has 2 N–H and O–H groups in total. The van der Waals surface area contributed by atoms with Gasteiger partial charge in [0.1, 0.15) is 23.2 Å². The number of rotatable bonds is 4. The summed E-state index contributed by atoms with van der Waals surface area (Å²) in [5.41, 5.74) is 0.124. The third-order valence-electron chi connectivity index (χ3n) is 5.11. The van der Waals surface area contributed by atoms with E-state index in [9.17, 15) is 18.8 Å². The van der Waals surface area contributed by atoms with E-state index in [-0.39, 0.29) is 18.4 Å². The molecule has 0 aromatic heterocycles. The summed E-state index contributed by atoms with van der Waals surface area (Å²) in [7, 11) is 1.47. The molecule has 31 heavy (non-hydrogen) atoms. The molecule has 170 valence electrons. The fourth-order valence-corrected chi connectivity index (χ4v) is 3.54. The van der Waals surface area contributed by atoms with E-state index in [4.69, 9.17) is 9.47 Å². The number of carbonyl (C=O) groups excluding carboxylic acids is 3. The molecular weight excluding hydrogens is 407 g/mol. The summed E-state index contributed by atoms with van der Waals surface area (Å²) < 4.78 is 25.7. The van der Waals surface area contributed by atoms with Crippen LogP contribution in [0, 0.1) is 5.82 Å². The van der Waals surface area contributed by atoms with Crippen LogP contribution in [0.4, 0.5) is 20.6 Å². The van der Waals surface area contributed by atoms with Gasteiger partial charge in [0.05, 0.1) is 18.5 Å². The fourth-order valence-electron chi connectivity index (χ4n) is 3.54. The number of hydrogen-bond acceptors (Lipinski definition) is 7. The molecule has 0 aliphatic carbocycles. The van der Waals surface area contributed by atoms with Gasteiger partial charge in [0.25, 0.3) is 0 Å². The summed E-state index contributed by atoms with van der Waals surface area (Å²) in [5, 5.41) is 5.23. The van der Waals surface area contributed by atoms with Gasteiger partial charge in [-0.1, -0.05) is 0 Å². The zero-order chi connectivity index (χ0) is 22.8. The van der Waals surface area contributed by atoms with Crippen LogP contribution in [-0.4, -0.2) is 67.7 Å². The molecule has 3 rings (SSSR count). The topological polar surface area (TPSA) is 100 Å². The molecule has 2 heterocycles. The van der Waals surface area contributed by atoms with E-state index in [0.717, 1.165) is 0 Å². The van der Waals surface area contributed by atoms with E-state index in [1.54, 1.807) is 11.0 Å². The Hall–Kier alpha value is -3.04. The van der Waals surface area contributed by atoms with Crippen LogP contribution < -0.4 is 20.3 Å². The van der Waals surface area contributed by atoms with Crippen molar-refractivity contribution in [3.8, 4) is 5.75 Å². The predicted molar refractivity (Wildman–Crippen MR) is 113 cm³/mol. The second kappa shape index (κ2) is 8.99. The monoisotopic (exact) mass is 436 g/mol. The van der Waals surface area contributed by atoms with Gasteiger partial charge >= 0.3 is 6.09 Å². The SMILES string of the molecule is COc1cc(N2CCN(C(=O)OC(C)(C)C)CC2)c(F)cc1NC1CCC(=O)NC1=O. The van der Waals surface area contributed by atoms with Crippen LogP contribution >= 0.6 is 0 Å².